The second-order valence-electron chi connectivity index (χ2n) is 6.04. The SMILES string of the molecule is CCC(C)NCc1ccc(N(C)Cc2ccccc2)c(OC)c1. The number of hydrogen-bond donors (Lipinski definition) is 1. The summed E-state index contributed by atoms with van der Waals surface area (Å²) in [6.45, 7) is 6.13. The van der Waals surface area contributed by atoms with E-state index in [9.17, 15) is 0 Å². The maximum Gasteiger partial charge on any atom is 0.142 e. The third-order valence-corrected chi connectivity index (χ3v) is 4.18. The van der Waals surface area contributed by atoms with E-state index in [0.29, 0.717) is 6.04 Å². The highest BCUT2D eigenvalue weighted by Crippen LogP contribution is 2.29. The largest absolute Gasteiger partial charge is 0.495 e. The summed E-state index contributed by atoms with van der Waals surface area (Å²) in [4.78, 5) is 2.22. The molecule has 3 heteroatoms. The summed E-state index contributed by atoms with van der Waals surface area (Å²) in [5, 5.41) is 3.52. The van der Waals surface area contributed by atoms with E-state index < -0.39 is 0 Å². The van der Waals surface area contributed by atoms with Crippen molar-refractivity contribution in [2.45, 2.75) is 39.4 Å². The van der Waals surface area contributed by atoms with Crippen LogP contribution in [-0.4, -0.2) is 20.2 Å². The number of nitrogens with one attached hydrogen (secondary N) is 1. The lowest BCUT2D eigenvalue weighted by atomic mass is 10.1. The average molecular weight is 312 g/mol. The highest BCUT2D eigenvalue weighted by Gasteiger charge is 2.10. The minimum absolute atomic E-state index is 0.529. The van der Waals surface area contributed by atoms with Gasteiger partial charge in [0, 0.05) is 26.2 Å². The van der Waals surface area contributed by atoms with Crippen molar-refractivity contribution in [2.24, 2.45) is 0 Å². The number of hydrogen-bond acceptors (Lipinski definition) is 3. The van der Waals surface area contributed by atoms with Crippen molar-refractivity contribution in [3.8, 4) is 5.75 Å². The molecule has 0 aliphatic carbocycles. The maximum absolute atomic E-state index is 5.61. The van der Waals surface area contributed by atoms with Gasteiger partial charge in [-0.25, -0.2) is 0 Å². The smallest absolute Gasteiger partial charge is 0.142 e. The molecule has 1 unspecified atom stereocenters. The summed E-state index contributed by atoms with van der Waals surface area (Å²) in [5.41, 5.74) is 3.65. The van der Waals surface area contributed by atoms with Crippen LogP contribution in [0.2, 0.25) is 0 Å². The molecule has 2 rings (SSSR count). The van der Waals surface area contributed by atoms with Gasteiger partial charge in [-0.05, 0) is 36.6 Å². The summed E-state index contributed by atoms with van der Waals surface area (Å²) in [6.07, 6.45) is 1.13. The standard InChI is InChI=1S/C20H28N2O/c1-5-16(2)21-14-18-11-12-19(20(13-18)23-4)22(3)15-17-9-7-6-8-10-17/h6-13,16,21H,5,14-15H2,1-4H3. The van der Waals surface area contributed by atoms with Gasteiger partial charge in [-0.15, -0.1) is 0 Å². The highest BCUT2D eigenvalue weighted by atomic mass is 16.5. The molecule has 2 aromatic rings. The molecule has 0 saturated heterocycles. The molecule has 1 N–H and O–H groups in total. The number of nitrogens with zero attached hydrogens (tertiary/aromatic N) is 1. The number of anilines is 1. The third kappa shape index (κ3) is 5.00. The van der Waals surface area contributed by atoms with Crippen molar-refractivity contribution < 1.29 is 4.74 Å². The van der Waals surface area contributed by atoms with Crippen LogP contribution in [-0.2, 0) is 13.1 Å². The molecule has 0 fully saturated rings. The molecular weight excluding hydrogens is 284 g/mol. The Kier molecular flexibility index (Phi) is 6.48. The predicted molar refractivity (Wildman–Crippen MR) is 98.1 cm³/mol. The van der Waals surface area contributed by atoms with Crippen molar-refractivity contribution >= 4 is 5.69 Å². The predicted octanol–water partition coefficient (Wildman–Crippen LogP) is 4.22. The van der Waals surface area contributed by atoms with Crippen molar-refractivity contribution in [3.05, 3.63) is 59.7 Å². The van der Waals surface area contributed by atoms with Crippen LogP contribution < -0.4 is 15.0 Å². The first-order chi connectivity index (χ1) is 11.1. The summed E-state index contributed by atoms with van der Waals surface area (Å²) >= 11 is 0. The second-order valence-corrected chi connectivity index (χ2v) is 6.04. The van der Waals surface area contributed by atoms with Gasteiger partial charge < -0.3 is 15.0 Å². The number of rotatable bonds is 8. The van der Waals surface area contributed by atoms with E-state index in [4.69, 9.17) is 4.74 Å². The van der Waals surface area contributed by atoms with Crippen LogP contribution in [0.25, 0.3) is 0 Å². The third-order valence-electron chi connectivity index (χ3n) is 4.18. The maximum atomic E-state index is 5.61. The van der Waals surface area contributed by atoms with Crippen LogP contribution >= 0.6 is 0 Å². The molecule has 0 aliphatic rings. The van der Waals surface area contributed by atoms with Crippen molar-refractivity contribution in [1.29, 1.82) is 0 Å². The normalized spacial score (nSPS) is 12.0. The lowest BCUT2D eigenvalue weighted by Gasteiger charge is -2.23. The van der Waals surface area contributed by atoms with Gasteiger partial charge in [-0.1, -0.05) is 43.3 Å². The fourth-order valence-electron chi connectivity index (χ4n) is 2.53. The summed E-state index contributed by atoms with van der Waals surface area (Å²) in [6, 6.07) is 17.5. The highest BCUT2D eigenvalue weighted by molar-refractivity contribution is 5.59. The Hall–Kier alpha value is -2.00. The Bertz CT molecular complexity index is 598. The zero-order valence-electron chi connectivity index (χ0n) is 14.7. The molecule has 1 atom stereocenters. The van der Waals surface area contributed by atoms with E-state index in [-0.39, 0.29) is 0 Å². The molecule has 23 heavy (non-hydrogen) atoms. The monoisotopic (exact) mass is 312 g/mol. The summed E-state index contributed by atoms with van der Waals surface area (Å²) < 4.78 is 5.61. The number of benzene rings is 2. The van der Waals surface area contributed by atoms with Crippen molar-refractivity contribution in [1.82, 2.24) is 5.32 Å². The summed E-state index contributed by atoms with van der Waals surface area (Å²) in [5.74, 6) is 0.923. The molecule has 0 bridgehead atoms. The zero-order valence-corrected chi connectivity index (χ0v) is 14.7. The topological polar surface area (TPSA) is 24.5 Å². The molecule has 124 valence electrons. The van der Waals surface area contributed by atoms with Gasteiger partial charge in [-0.3, -0.25) is 0 Å². The molecule has 0 aromatic heterocycles. The minimum atomic E-state index is 0.529. The number of ether oxygens (including phenoxy) is 1. The lowest BCUT2D eigenvalue weighted by molar-refractivity contribution is 0.413. The van der Waals surface area contributed by atoms with E-state index in [1.54, 1.807) is 7.11 Å². The molecule has 0 heterocycles. The first-order valence-corrected chi connectivity index (χ1v) is 8.29. The van der Waals surface area contributed by atoms with Gasteiger partial charge in [0.15, 0.2) is 0 Å². The zero-order chi connectivity index (χ0) is 16.7. The first kappa shape index (κ1) is 17.4. The van der Waals surface area contributed by atoms with E-state index in [1.165, 1.54) is 11.1 Å². The van der Waals surface area contributed by atoms with Crippen LogP contribution in [0, 0.1) is 0 Å². The molecule has 0 radical (unpaired) electrons. The second kappa shape index (κ2) is 8.59. The van der Waals surface area contributed by atoms with E-state index >= 15 is 0 Å². The average Bonchev–Trinajstić information content (AvgIpc) is 2.60. The van der Waals surface area contributed by atoms with Gasteiger partial charge >= 0.3 is 0 Å². The number of methoxy groups -OCH3 is 1. The van der Waals surface area contributed by atoms with Gasteiger partial charge in [-0.2, -0.15) is 0 Å². The van der Waals surface area contributed by atoms with Crippen molar-refractivity contribution in [3.63, 3.8) is 0 Å². The van der Waals surface area contributed by atoms with E-state index in [1.807, 2.05) is 6.07 Å². The van der Waals surface area contributed by atoms with Crippen LogP contribution in [0.5, 0.6) is 5.75 Å². The van der Waals surface area contributed by atoms with Crippen LogP contribution in [0.15, 0.2) is 48.5 Å². The van der Waals surface area contributed by atoms with Crippen LogP contribution in [0.4, 0.5) is 5.69 Å². The van der Waals surface area contributed by atoms with Crippen molar-refractivity contribution in [2.75, 3.05) is 19.1 Å². The summed E-state index contributed by atoms with van der Waals surface area (Å²) in [7, 11) is 3.84. The quantitative estimate of drug-likeness (QED) is 0.790. The first-order valence-electron chi connectivity index (χ1n) is 8.29. The van der Waals surface area contributed by atoms with Crippen LogP contribution in [0.3, 0.4) is 0 Å². The molecule has 3 nitrogen and oxygen atoms in total. The Labute approximate surface area is 140 Å². The molecule has 2 aromatic carbocycles. The van der Waals surface area contributed by atoms with E-state index in [2.05, 4.69) is 73.6 Å². The molecule has 0 saturated carbocycles. The van der Waals surface area contributed by atoms with Crippen LogP contribution in [0.1, 0.15) is 31.4 Å². The van der Waals surface area contributed by atoms with Gasteiger partial charge in [0.25, 0.3) is 0 Å². The fraction of sp³-hybridized carbons (Fsp3) is 0.400. The Balaban J connectivity index is 2.09. The molecular formula is C20H28N2O. The lowest BCUT2D eigenvalue weighted by Crippen LogP contribution is -2.24. The molecule has 0 amide bonds. The fourth-order valence-corrected chi connectivity index (χ4v) is 2.53. The van der Waals surface area contributed by atoms with Gasteiger partial charge in [0.2, 0.25) is 0 Å². The Morgan fingerprint density at radius 3 is 2.48 bits per heavy atom. The molecule has 0 aliphatic heterocycles. The van der Waals surface area contributed by atoms with E-state index in [0.717, 1.165) is 30.9 Å². The minimum Gasteiger partial charge on any atom is -0.495 e. The molecule has 0 spiro atoms. The van der Waals surface area contributed by atoms with Gasteiger partial charge in [0.1, 0.15) is 5.75 Å². The Morgan fingerprint density at radius 2 is 1.83 bits per heavy atom. The van der Waals surface area contributed by atoms with Gasteiger partial charge in [0.05, 0.1) is 12.8 Å². The Morgan fingerprint density at radius 1 is 1.09 bits per heavy atom.